The first-order valence-electron chi connectivity index (χ1n) is 7.38. The van der Waals surface area contributed by atoms with Crippen molar-refractivity contribution in [1.82, 2.24) is 10.2 Å². The van der Waals surface area contributed by atoms with Crippen molar-refractivity contribution in [2.45, 2.75) is 44.6 Å². The van der Waals surface area contributed by atoms with E-state index in [4.69, 9.17) is 4.74 Å². The predicted octanol–water partition coefficient (Wildman–Crippen LogP) is 0.684. The second-order valence-corrected chi connectivity index (χ2v) is 6.02. The van der Waals surface area contributed by atoms with Crippen LogP contribution in [0.15, 0.2) is 0 Å². The van der Waals surface area contributed by atoms with Gasteiger partial charge in [-0.25, -0.2) is 0 Å². The largest absolute Gasteiger partial charge is 0.374 e. The predicted molar refractivity (Wildman–Crippen MR) is 69.5 cm³/mol. The number of nitrogens with zero attached hydrogens (tertiary/aromatic N) is 1. The Morgan fingerprint density at radius 2 is 2.05 bits per heavy atom. The van der Waals surface area contributed by atoms with Gasteiger partial charge in [0.1, 0.15) is 0 Å². The van der Waals surface area contributed by atoms with Gasteiger partial charge in [0.25, 0.3) is 0 Å². The van der Waals surface area contributed by atoms with Crippen LogP contribution in [-0.4, -0.2) is 49.1 Å². The number of morpholine rings is 1. The molecule has 1 spiro atoms. The Bertz CT molecular complexity index is 371. The molecule has 2 saturated heterocycles. The van der Waals surface area contributed by atoms with Gasteiger partial charge in [-0.3, -0.25) is 14.5 Å². The molecule has 106 valence electrons. The molecule has 1 aliphatic carbocycles. The topological polar surface area (TPSA) is 58.6 Å². The Balaban J connectivity index is 1.68. The first kappa shape index (κ1) is 13.1. The quantitative estimate of drug-likeness (QED) is 0.747. The van der Waals surface area contributed by atoms with E-state index < -0.39 is 0 Å². The van der Waals surface area contributed by atoms with Gasteiger partial charge in [-0.15, -0.1) is 0 Å². The van der Waals surface area contributed by atoms with Gasteiger partial charge in [0.2, 0.25) is 11.8 Å². The van der Waals surface area contributed by atoms with E-state index in [0.717, 1.165) is 38.8 Å². The molecule has 1 saturated carbocycles. The number of imide groups is 1. The number of likely N-dealkylation sites (tertiary alicyclic amines) is 1. The van der Waals surface area contributed by atoms with Crippen molar-refractivity contribution in [1.29, 1.82) is 0 Å². The highest BCUT2D eigenvalue weighted by atomic mass is 16.5. The van der Waals surface area contributed by atoms with Gasteiger partial charge in [0.15, 0.2) is 0 Å². The third-order valence-electron chi connectivity index (χ3n) is 4.69. The molecule has 0 aromatic rings. The lowest BCUT2D eigenvalue weighted by Crippen LogP contribution is -2.48. The highest BCUT2D eigenvalue weighted by molar-refractivity contribution is 6.06. The molecule has 2 aliphatic heterocycles. The first-order valence-corrected chi connectivity index (χ1v) is 7.38. The van der Waals surface area contributed by atoms with E-state index in [1.54, 1.807) is 0 Å². The van der Waals surface area contributed by atoms with Gasteiger partial charge in [-0.2, -0.15) is 0 Å². The fourth-order valence-corrected chi connectivity index (χ4v) is 3.60. The zero-order valence-corrected chi connectivity index (χ0v) is 11.3. The molecule has 0 aromatic carbocycles. The first-order chi connectivity index (χ1) is 9.21. The Labute approximate surface area is 113 Å². The fraction of sp³-hybridized carbons (Fsp3) is 0.857. The average molecular weight is 266 g/mol. The summed E-state index contributed by atoms with van der Waals surface area (Å²) in [6, 6.07) is 0. The van der Waals surface area contributed by atoms with E-state index >= 15 is 0 Å². The fourth-order valence-electron chi connectivity index (χ4n) is 3.60. The Morgan fingerprint density at radius 3 is 2.74 bits per heavy atom. The monoisotopic (exact) mass is 266 g/mol. The summed E-state index contributed by atoms with van der Waals surface area (Å²) in [4.78, 5) is 26.2. The van der Waals surface area contributed by atoms with Crippen LogP contribution in [0, 0.1) is 5.41 Å². The van der Waals surface area contributed by atoms with Crippen LogP contribution < -0.4 is 5.32 Å². The van der Waals surface area contributed by atoms with E-state index in [9.17, 15) is 9.59 Å². The molecule has 1 atom stereocenters. The summed E-state index contributed by atoms with van der Waals surface area (Å²) < 4.78 is 5.60. The summed E-state index contributed by atoms with van der Waals surface area (Å²) in [6.07, 6.45) is 5.50. The maximum absolute atomic E-state index is 12.6. The van der Waals surface area contributed by atoms with Crippen molar-refractivity contribution in [3.05, 3.63) is 0 Å². The van der Waals surface area contributed by atoms with E-state index in [-0.39, 0.29) is 23.3 Å². The number of carbonyl (C=O) groups is 2. The van der Waals surface area contributed by atoms with Crippen molar-refractivity contribution >= 4 is 11.8 Å². The van der Waals surface area contributed by atoms with E-state index in [0.29, 0.717) is 19.6 Å². The molecule has 0 aromatic heterocycles. The standard InChI is InChI=1S/C14H22N2O3/c17-12-8-14(4-2-1-3-5-14)13(18)16(12)10-11-9-15-6-7-19-11/h11,15H,1-10H2. The van der Waals surface area contributed by atoms with Crippen LogP contribution in [0.4, 0.5) is 0 Å². The van der Waals surface area contributed by atoms with Gasteiger partial charge >= 0.3 is 0 Å². The van der Waals surface area contributed by atoms with Crippen LogP contribution in [0.5, 0.6) is 0 Å². The van der Waals surface area contributed by atoms with Crippen molar-refractivity contribution in [3.8, 4) is 0 Å². The summed E-state index contributed by atoms with van der Waals surface area (Å²) in [5.41, 5.74) is -0.364. The van der Waals surface area contributed by atoms with Crippen molar-refractivity contribution in [3.63, 3.8) is 0 Å². The summed E-state index contributed by atoms with van der Waals surface area (Å²) in [7, 11) is 0. The number of rotatable bonds is 2. The molecular weight excluding hydrogens is 244 g/mol. The summed E-state index contributed by atoms with van der Waals surface area (Å²) in [6.45, 7) is 2.66. The zero-order chi connectivity index (χ0) is 13.3. The number of hydrogen-bond acceptors (Lipinski definition) is 4. The highest BCUT2D eigenvalue weighted by Crippen LogP contribution is 2.45. The van der Waals surface area contributed by atoms with Gasteiger partial charge < -0.3 is 10.1 Å². The van der Waals surface area contributed by atoms with Gasteiger partial charge in [-0.1, -0.05) is 19.3 Å². The second-order valence-electron chi connectivity index (χ2n) is 6.02. The number of amides is 2. The minimum absolute atomic E-state index is 0.000994. The zero-order valence-electron chi connectivity index (χ0n) is 11.3. The Hall–Kier alpha value is -0.940. The van der Waals surface area contributed by atoms with Crippen molar-refractivity contribution < 1.29 is 14.3 Å². The van der Waals surface area contributed by atoms with Crippen molar-refractivity contribution in [2.24, 2.45) is 5.41 Å². The van der Waals surface area contributed by atoms with E-state index in [2.05, 4.69) is 5.32 Å². The van der Waals surface area contributed by atoms with Gasteiger partial charge in [-0.05, 0) is 12.8 Å². The molecule has 19 heavy (non-hydrogen) atoms. The van der Waals surface area contributed by atoms with E-state index in [1.807, 2.05) is 0 Å². The lowest BCUT2D eigenvalue weighted by Gasteiger charge is -2.32. The van der Waals surface area contributed by atoms with Crippen LogP contribution in [0.3, 0.4) is 0 Å². The molecule has 3 aliphatic rings. The lowest BCUT2D eigenvalue weighted by atomic mass is 9.73. The Kier molecular flexibility index (Phi) is 3.58. The smallest absolute Gasteiger partial charge is 0.235 e. The molecule has 0 radical (unpaired) electrons. The minimum atomic E-state index is -0.364. The lowest BCUT2D eigenvalue weighted by molar-refractivity contribution is -0.144. The minimum Gasteiger partial charge on any atom is -0.374 e. The van der Waals surface area contributed by atoms with Gasteiger partial charge in [0, 0.05) is 19.5 Å². The SMILES string of the molecule is O=C1CC2(CCCCC2)C(=O)N1CC1CNCCO1. The molecule has 2 heterocycles. The third kappa shape index (κ3) is 2.41. The maximum atomic E-state index is 12.6. The third-order valence-corrected chi connectivity index (χ3v) is 4.69. The van der Waals surface area contributed by atoms with Crippen LogP contribution in [0.25, 0.3) is 0 Å². The number of ether oxygens (including phenoxy) is 1. The molecule has 2 amide bonds. The molecule has 0 bridgehead atoms. The second kappa shape index (κ2) is 5.21. The van der Waals surface area contributed by atoms with Crippen LogP contribution in [0.1, 0.15) is 38.5 Å². The number of hydrogen-bond donors (Lipinski definition) is 1. The number of carbonyl (C=O) groups excluding carboxylic acids is 2. The molecule has 1 N–H and O–H groups in total. The molecular formula is C14H22N2O3. The average Bonchev–Trinajstić information content (AvgIpc) is 2.66. The number of nitrogens with one attached hydrogen (secondary N) is 1. The van der Waals surface area contributed by atoms with Crippen LogP contribution in [0.2, 0.25) is 0 Å². The maximum Gasteiger partial charge on any atom is 0.235 e. The van der Waals surface area contributed by atoms with E-state index in [1.165, 1.54) is 11.3 Å². The summed E-state index contributed by atoms with van der Waals surface area (Å²) >= 11 is 0. The molecule has 3 rings (SSSR count). The normalized spacial score (nSPS) is 31.2. The summed E-state index contributed by atoms with van der Waals surface area (Å²) in [5, 5.41) is 3.24. The van der Waals surface area contributed by atoms with Gasteiger partial charge in [0.05, 0.1) is 24.7 Å². The molecule has 3 fully saturated rings. The van der Waals surface area contributed by atoms with Crippen LogP contribution >= 0.6 is 0 Å². The summed E-state index contributed by atoms with van der Waals surface area (Å²) in [5.74, 6) is 0.0625. The van der Waals surface area contributed by atoms with Crippen molar-refractivity contribution in [2.75, 3.05) is 26.2 Å². The van der Waals surface area contributed by atoms with Crippen LogP contribution in [-0.2, 0) is 14.3 Å². The Morgan fingerprint density at radius 1 is 1.26 bits per heavy atom. The molecule has 5 heteroatoms. The highest BCUT2D eigenvalue weighted by Gasteiger charge is 2.51. The molecule has 5 nitrogen and oxygen atoms in total. The molecule has 1 unspecified atom stereocenters.